The summed E-state index contributed by atoms with van der Waals surface area (Å²) in [6, 6.07) is 0. The molecule has 0 spiro atoms. The summed E-state index contributed by atoms with van der Waals surface area (Å²) in [6.45, 7) is 13.1. The van der Waals surface area contributed by atoms with E-state index in [1.165, 1.54) is 12.8 Å². The van der Waals surface area contributed by atoms with Gasteiger partial charge in [0.2, 0.25) is 0 Å². The lowest BCUT2D eigenvalue weighted by atomic mass is 9.73. The Morgan fingerprint density at radius 2 is 1.69 bits per heavy atom. The highest BCUT2D eigenvalue weighted by Crippen LogP contribution is 2.41. The molecule has 0 amide bonds. The third kappa shape index (κ3) is 3.38. The standard InChI is InChI=1S/C10H18S.C2H6/c1-7-5-9(11)6-10(3,4)8(7)2;1-2/h9,11H,5-6H2,1-4H3;1-2H3. The first-order valence-corrected chi connectivity index (χ1v) is 5.80. The van der Waals surface area contributed by atoms with E-state index in [1.54, 1.807) is 11.1 Å². The normalized spacial score (nSPS) is 26.5. The van der Waals surface area contributed by atoms with E-state index in [0.29, 0.717) is 10.7 Å². The number of thiol groups is 1. The van der Waals surface area contributed by atoms with Gasteiger partial charge >= 0.3 is 0 Å². The smallest absolute Gasteiger partial charge is 0.00621 e. The third-order valence-electron chi connectivity index (χ3n) is 2.94. The number of allylic oxidation sites excluding steroid dienone is 2. The summed E-state index contributed by atoms with van der Waals surface area (Å²) in [5.41, 5.74) is 3.50. The molecule has 1 unspecified atom stereocenters. The van der Waals surface area contributed by atoms with Crippen molar-refractivity contribution < 1.29 is 0 Å². The van der Waals surface area contributed by atoms with Gasteiger partial charge in [-0.25, -0.2) is 0 Å². The van der Waals surface area contributed by atoms with Crippen molar-refractivity contribution in [3.8, 4) is 0 Å². The summed E-state index contributed by atoms with van der Waals surface area (Å²) in [5, 5.41) is 0.577. The van der Waals surface area contributed by atoms with Crippen LogP contribution in [0.3, 0.4) is 0 Å². The molecule has 13 heavy (non-hydrogen) atoms. The fourth-order valence-corrected chi connectivity index (χ4v) is 2.63. The van der Waals surface area contributed by atoms with E-state index >= 15 is 0 Å². The number of hydrogen-bond donors (Lipinski definition) is 1. The van der Waals surface area contributed by atoms with Crippen LogP contribution in [0.1, 0.15) is 54.4 Å². The van der Waals surface area contributed by atoms with E-state index in [4.69, 9.17) is 0 Å². The SMILES string of the molecule is CC.CC1=C(C)C(C)(C)CC(S)C1. The van der Waals surface area contributed by atoms with E-state index in [9.17, 15) is 0 Å². The molecule has 1 aliphatic rings. The van der Waals surface area contributed by atoms with Gasteiger partial charge in [0.25, 0.3) is 0 Å². The van der Waals surface area contributed by atoms with E-state index < -0.39 is 0 Å². The average Bonchev–Trinajstić information content (AvgIpc) is 2.03. The quantitative estimate of drug-likeness (QED) is 0.433. The summed E-state index contributed by atoms with van der Waals surface area (Å²) < 4.78 is 0. The lowest BCUT2D eigenvalue weighted by Gasteiger charge is -2.35. The Morgan fingerprint density at radius 1 is 1.23 bits per heavy atom. The maximum absolute atomic E-state index is 4.54. The predicted octanol–water partition coefficient (Wildman–Crippen LogP) is 4.47. The molecule has 1 rings (SSSR count). The van der Waals surface area contributed by atoms with Crippen molar-refractivity contribution in [3.05, 3.63) is 11.1 Å². The van der Waals surface area contributed by atoms with Gasteiger partial charge in [0, 0.05) is 5.25 Å². The topological polar surface area (TPSA) is 0 Å². The predicted molar refractivity (Wildman–Crippen MR) is 65.5 cm³/mol. The zero-order chi connectivity index (χ0) is 10.6. The molecule has 78 valence electrons. The molecule has 0 radical (unpaired) electrons. The van der Waals surface area contributed by atoms with Gasteiger partial charge in [-0.3, -0.25) is 0 Å². The largest absolute Gasteiger partial charge is 0.176 e. The number of rotatable bonds is 0. The van der Waals surface area contributed by atoms with Crippen molar-refractivity contribution in [2.75, 3.05) is 0 Å². The summed E-state index contributed by atoms with van der Waals surface area (Å²) in [7, 11) is 0. The Bertz CT molecular complexity index is 189. The summed E-state index contributed by atoms with van der Waals surface area (Å²) >= 11 is 4.54. The Kier molecular flexibility index (Phi) is 5.13. The van der Waals surface area contributed by atoms with Crippen LogP contribution in [0, 0.1) is 5.41 Å². The van der Waals surface area contributed by atoms with Gasteiger partial charge < -0.3 is 0 Å². The summed E-state index contributed by atoms with van der Waals surface area (Å²) in [5.74, 6) is 0. The van der Waals surface area contributed by atoms with Crippen LogP contribution < -0.4 is 0 Å². The third-order valence-corrected chi connectivity index (χ3v) is 3.31. The van der Waals surface area contributed by atoms with Crippen LogP contribution in [-0.2, 0) is 0 Å². The summed E-state index contributed by atoms with van der Waals surface area (Å²) in [4.78, 5) is 0. The minimum Gasteiger partial charge on any atom is -0.176 e. The highest BCUT2D eigenvalue weighted by molar-refractivity contribution is 7.80. The first kappa shape index (κ1) is 13.1. The maximum Gasteiger partial charge on any atom is 0.00621 e. The second kappa shape index (κ2) is 5.09. The van der Waals surface area contributed by atoms with Crippen molar-refractivity contribution in [3.63, 3.8) is 0 Å². The first-order chi connectivity index (χ1) is 5.93. The summed E-state index contributed by atoms with van der Waals surface area (Å²) in [6.07, 6.45) is 2.40. The Morgan fingerprint density at radius 3 is 2.08 bits per heavy atom. The van der Waals surface area contributed by atoms with E-state index in [-0.39, 0.29) is 0 Å². The molecule has 0 aromatic carbocycles. The molecule has 1 heteroatoms. The van der Waals surface area contributed by atoms with E-state index in [1.807, 2.05) is 13.8 Å². The molecule has 0 saturated carbocycles. The van der Waals surface area contributed by atoms with Crippen LogP contribution in [0.4, 0.5) is 0 Å². The first-order valence-electron chi connectivity index (χ1n) is 5.28. The van der Waals surface area contributed by atoms with Crippen LogP contribution >= 0.6 is 12.6 Å². The average molecular weight is 200 g/mol. The van der Waals surface area contributed by atoms with Gasteiger partial charge in [-0.1, -0.05) is 38.8 Å². The van der Waals surface area contributed by atoms with Crippen molar-refractivity contribution in [2.45, 2.75) is 59.6 Å². The Balaban J connectivity index is 0.000000671. The fraction of sp³-hybridized carbons (Fsp3) is 0.833. The van der Waals surface area contributed by atoms with Crippen LogP contribution in [0.2, 0.25) is 0 Å². The molecule has 0 nitrogen and oxygen atoms in total. The van der Waals surface area contributed by atoms with Gasteiger partial charge in [-0.2, -0.15) is 12.6 Å². The Labute approximate surface area is 89.2 Å². The highest BCUT2D eigenvalue weighted by Gasteiger charge is 2.29. The van der Waals surface area contributed by atoms with E-state index in [2.05, 4.69) is 40.3 Å². The van der Waals surface area contributed by atoms with Crippen LogP contribution in [0.25, 0.3) is 0 Å². The van der Waals surface area contributed by atoms with Crippen LogP contribution in [0.15, 0.2) is 11.1 Å². The lowest BCUT2D eigenvalue weighted by Crippen LogP contribution is -2.24. The van der Waals surface area contributed by atoms with Gasteiger partial charge in [0.15, 0.2) is 0 Å². The van der Waals surface area contributed by atoms with Crippen molar-refractivity contribution in [1.82, 2.24) is 0 Å². The molecule has 0 aromatic heterocycles. The molecule has 0 aromatic rings. The lowest BCUT2D eigenvalue weighted by molar-refractivity contribution is 0.375. The monoisotopic (exact) mass is 200 g/mol. The fourth-order valence-electron chi connectivity index (χ4n) is 1.90. The molecule has 0 aliphatic heterocycles. The van der Waals surface area contributed by atoms with Crippen LogP contribution in [0.5, 0.6) is 0 Å². The molecular weight excluding hydrogens is 176 g/mol. The zero-order valence-corrected chi connectivity index (χ0v) is 10.8. The van der Waals surface area contributed by atoms with Crippen molar-refractivity contribution in [1.29, 1.82) is 0 Å². The Hall–Kier alpha value is 0.0900. The molecule has 1 atom stereocenters. The molecule has 0 saturated heterocycles. The molecule has 0 heterocycles. The van der Waals surface area contributed by atoms with Gasteiger partial charge in [0.05, 0.1) is 0 Å². The van der Waals surface area contributed by atoms with E-state index in [0.717, 1.165) is 0 Å². The minimum absolute atomic E-state index is 0.384. The second-order valence-electron chi connectivity index (χ2n) is 4.35. The highest BCUT2D eigenvalue weighted by atomic mass is 32.1. The zero-order valence-electron chi connectivity index (χ0n) is 9.94. The van der Waals surface area contributed by atoms with Crippen LogP contribution in [-0.4, -0.2) is 5.25 Å². The maximum atomic E-state index is 4.54. The van der Waals surface area contributed by atoms with Gasteiger partial charge in [-0.15, -0.1) is 0 Å². The molecular formula is C12H24S. The molecule has 0 fully saturated rings. The number of hydrogen-bond acceptors (Lipinski definition) is 1. The van der Waals surface area contributed by atoms with Crippen molar-refractivity contribution >= 4 is 12.6 Å². The molecule has 1 aliphatic carbocycles. The second-order valence-corrected chi connectivity index (χ2v) is 5.08. The van der Waals surface area contributed by atoms with Crippen molar-refractivity contribution in [2.24, 2.45) is 5.41 Å². The van der Waals surface area contributed by atoms with Gasteiger partial charge in [-0.05, 0) is 32.1 Å². The minimum atomic E-state index is 0.384. The molecule has 0 bridgehead atoms. The van der Waals surface area contributed by atoms with Gasteiger partial charge in [0.1, 0.15) is 0 Å². The molecule has 0 N–H and O–H groups in total.